The normalized spacial score (nSPS) is 12.1. The molecule has 1 unspecified atom stereocenters. The fraction of sp³-hybridized carbons (Fsp3) is 0.0833. The quantitative estimate of drug-likeness (QED) is 0.0627. The van der Waals surface area contributed by atoms with Crippen LogP contribution in [0.15, 0.2) is 83.1 Å². The van der Waals surface area contributed by atoms with E-state index in [0.717, 1.165) is 11.1 Å². The van der Waals surface area contributed by atoms with Crippen molar-refractivity contribution >= 4 is 35.2 Å². The topological polar surface area (TPSA) is 116 Å². The van der Waals surface area contributed by atoms with Crippen molar-refractivity contribution < 1.29 is 26.2 Å². The van der Waals surface area contributed by atoms with Gasteiger partial charge in [0, 0.05) is 11.1 Å². The Balaban J connectivity index is 1.59. The smallest absolute Gasteiger partial charge is 0.370 e. The number of aryl methyl sites for hydroxylation is 2. The third kappa shape index (κ3) is 8.14. The molecule has 182 valence electrons. The molecule has 0 bridgehead atoms. The first-order valence-electron chi connectivity index (χ1n) is 10.1. The molecule has 0 fully saturated rings. The van der Waals surface area contributed by atoms with E-state index in [-0.39, 0.29) is 11.5 Å². The SMILES string of the molecule is [C-]#[N+]/C(=N\OSOOc1ccc(C)cc1)c1cccc(/C(C#N)=N/OS(=O)Oc2ccc(C)cc2)c1. The van der Waals surface area contributed by atoms with Crippen LogP contribution in [-0.2, 0) is 24.3 Å². The first-order valence-corrected chi connectivity index (χ1v) is 11.8. The molecule has 0 heterocycles. The molecule has 0 aliphatic carbocycles. The molecule has 0 saturated heterocycles. The zero-order valence-electron chi connectivity index (χ0n) is 19.0. The summed E-state index contributed by atoms with van der Waals surface area (Å²) >= 11 is -1.85. The predicted molar refractivity (Wildman–Crippen MR) is 134 cm³/mol. The number of benzene rings is 3. The zero-order valence-corrected chi connectivity index (χ0v) is 20.6. The number of nitriles is 1. The van der Waals surface area contributed by atoms with E-state index in [0.29, 0.717) is 34.9 Å². The molecule has 0 aliphatic heterocycles. The zero-order chi connectivity index (χ0) is 25.8. The lowest BCUT2D eigenvalue weighted by Gasteiger charge is -2.04. The van der Waals surface area contributed by atoms with E-state index in [9.17, 15) is 9.47 Å². The first kappa shape index (κ1) is 26.2. The maximum atomic E-state index is 12.0. The third-order valence-electron chi connectivity index (χ3n) is 4.31. The minimum atomic E-state index is -2.27. The summed E-state index contributed by atoms with van der Waals surface area (Å²) in [6, 6.07) is 22.0. The van der Waals surface area contributed by atoms with Crippen LogP contribution in [0.5, 0.6) is 11.5 Å². The van der Waals surface area contributed by atoms with Gasteiger partial charge in [0.05, 0.1) is 5.16 Å². The molecule has 0 saturated carbocycles. The van der Waals surface area contributed by atoms with E-state index in [1.165, 1.54) is 6.07 Å². The lowest BCUT2D eigenvalue weighted by atomic mass is 10.1. The van der Waals surface area contributed by atoms with Crippen LogP contribution in [-0.4, -0.2) is 15.8 Å². The van der Waals surface area contributed by atoms with E-state index < -0.39 is 11.4 Å². The van der Waals surface area contributed by atoms with Crippen molar-refractivity contribution in [2.45, 2.75) is 13.8 Å². The van der Waals surface area contributed by atoms with Crippen LogP contribution in [0, 0.1) is 31.8 Å². The van der Waals surface area contributed by atoms with Crippen LogP contribution in [0.25, 0.3) is 4.85 Å². The van der Waals surface area contributed by atoms with Crippen molar-refractivity contribution in [1.29, 1.82) is 5.26 Å². The van der Waals surface area contributed by atoms with E-state index in [1.54, 1.807) is 54.6 Å². The number of rotatable bonds is 11. The Bertz CT molecular complexity index is 1350. The summed E-state index contributed by atoms with van der Waals surface area (Å²) in [7, 11) is 0. The average Bonchev–Trinajstić information content (AvgIpc) is 2.89. The highest BCUT2D eigenvalue weighted by Gasteiger charge is 2.12. The summed E-state index contributed by atoms with van der Waals surface area (Å²) < 4.78 is 31.7. The van der Waals surface area contributed by atoms with Gasteiger partial charge >= 0.3 is 29.5 Å². The predicted octanol–water partition coefficient (Wildman–Crippen LogP) is 5.38. The standard InChI is InChI=1S/C24H18N4O6S2/c1-17-7-11-21(12-8-17)30-34-35-32-28-24(26-3)20-6-4-5-19(15-20)23(16-25)27-33-36(29)31-22-13-9-18(2)10-14-22/h4-15H,1-2H3/b27-23+,28-24-. The molecule has 0 amide bonds. The van der Waals surface area contributed by atoms with Crippen LogP contribution < -0.4 is 9.07 Å². The second-order valence-corrected chi connectivity index (χ2v) is 8.09. The Hall–Kier alpha value is -4.36. The Morgan fingerprint density at radius 2 is 1.61 bits per heavy atom. The molecule has 36 heavy (non-hydrogen) atoms. The van der Waals surface area contributed by atoms with Crippen molar-refractivity contribution in [1.82, 2.24) is 0 Å². The number of oxime groups is 2. The molecular weight excluding hydrogens is 504 g/mol. The van der Waals surface area contributed by atoms with Gasteiger partial charge in [0.1, 0.15) is 11.8 Å². The maximum absolute atomic E-state index is 12.0. The highest BCUT2D eigenvalue weighted by molar-refractivity contribution is 7.89. The van der Waals surface area contributed by atoms with Gasteiger partial charge < -0.3 is 13.9 Å². The Kier molecular flexibility index (Phi) is 9.85. The summed E-state index contributed by atoms with van der Waals surface area (Å²) in [6.45, 7) is 11.2. The molecule has 0 aromatic heterocycles. The van der Waals surface area contributed by atoms with Gasteiger partial charge in [-0.25, -0.2) is 4.28 Å². The molecule has 0 N–H and O–H groups in total. The maximum Gasteiger partial charge on any atom is 0.439 e. The molecule has 3 aromatic rings. The molecule has 10 nitrogen and oxygen atoms in total. The van der Waals surface area contributed by atoms with Gasteiger partial charge in [-0.05, 0) is 38.1 Å². The van der Waals surface area contributed by atoms with Gasteiger partial charge in [0.15, 0.2) is 11.5 Å². The van der Waals surface area contributed by atoms with Crippen molar-refractivity contribution in [3.63, 3.8) is 0 Å². The average molecular weight is 523 g/mol. The van der Waals surface area contributed by atoms with E-state index in [2.05, 4.69) is 15.2 Å². The Morgan fingerprint density at radius 3 is 2.25 bits per heavy atom. The lowest BCUT2D eigenvalue weighted by Crippen LogP contribution is -2.06. The number of hydrogen-bond donors (Lipinski definition) is 0. The van der Waals surface area contributed by atoms with Crippen LogP contribution in [0.3, 0.4) is 0 Å². The summed E-state index contributed by atoms with van der Waals surface area (Å²) in [4.78, 5) is 8.35. The second kappa shape index (κ2) is 13.5. The van der Waals surface area contributed by atoms with Crippen molar-refractivity contribution in [2.75, 3.05) is 0 Å². The number of amidine groups is 1. The van der Waals surface area contributed by atoms with Crippen LogP contribution in [0.2, 0.25) is 0 Å². The summed E-state index contributed by atoms with van der Waals surface area (Å²) in [5.74, 6) is 0.668. The van der Waals surface area contributed by atoms with Gasteiger partial charge in [-0.3, -0.25) is 4.28 Å². The number of hydrogen-bond acceptors (Lipinski definition) is 10. The van der Waals surface area contributed by atoms with Crippen molar-refractivity contribution in [3.05, 3.63) is 106 Å². The summed E-state index contributed by atoms with van der Waals surface area (Å²) in [5.41, 5.74) is 2.52. The highest BCUT2D eigenvalue weighted by Crippen LogP contribution is 2.17. The van der Waals surface area contributed by atoms with Gasteiger partial charge in [-0.2, -0.15) is 9.47 Å². The van der Waals surface area contributed by atoms with Crippen LogP contribution in [0.4, 0.5) is 0 Å². The molecule has 3 rings (SSSR count). The van der Waals surface area contributed by atoms with E-state index in [1.807, 2.05) is 32.0 Å². The van der Waals surface area contributed by atoms with Crippen molar-refractivity contribution in [2.24, 2.45) is 10.3 Å². The summed E-state index contributed by atoms with van der Waals surface area (Å²) in [6.07, 6.45) is 0. The van der Waals surface area contributed by atoms with Gasteiger partial charge in [0.2, 0.25) is 0 Å². The second-order valence-electron chi connectivity index (χ2n) is 6.94. The molecular formula is C24H18N4O6S2. The minimum absolute atomic E-state index is 0.118. The highest BCUT2D eigenvalue weighted by atomic mass is 32.2. The van der Waals surface area contributed by atoms with Gasteiger partial charge in [-0.1, -0.05) is 75.7 Å². The first-order chi connectivity index (χ1) is 17.5. The molecule has 0 spiro atoms. The summed E-state index contributed by atoms with van der Waals surface area (Å²) in [5, 5.41) is 16.8. The van der Waals surface area contributed by atoms with E-state index in [4.69, 9.17) is 28.5 Å². The van der Waals surface area contributed by atoms with Crippen molar-refractivity contribution in [3.8, 4) is 17.6 Å². The third-order valence-corrected chi connectivity index (χ3v) is 5.10. The Labute approximate surface area is 214 Å². The molecule has 3 aromatic carbocycles. The molecule has 12 heteroatoms. The van der Waals surface area contributed by atoms with Gasteiger partial charge in [-0.15, -0.1) is 0 Å². The van der Waals surface area contributed by atoms with E-state index >= 15 is 0 Å². The fourth-order valence-corrected chi connectivity index (χ4v) is 3.21. The Morgan fingerprint density at radius 1 is 0.972 bits per heavy atom. The van der Waals surface area contributed by atoms with Crippen LogP contribution in [0.1, 0.15) is 22.3 Å². The lowest BCUT2D eigenvalue weighted by molar-refractivity contribution is -0.0867. The fourth-order valence-electron chi connectivity index (χ4n) is 2.55. The molecule has 0 aliphatic rings. The number of nitrogens with zero attached hydrogens (tertiary/aromatic N) is 4. The largest absolute Gasteiger partial charge is 0.439 e. The molecule has 0 radical (unpaired) electrons. The van der Waals surface area contributed by atoms with Gasteiger partial charge in [0.25, 0.3) is 0 Å². The molecule has 1 atom stereocenters. The monoisotopic (exact) mass is 522 g/mol. The minimum Gasteiger partial charge on any atom is -0.370 e. The van der Waals surface area contributed by atoms with Crippen LogP contribution >= 0.6 is 12.3 Å².